The smallest absolute Gasteiger partial charge is 0.350 e. The summed E-state index contributed by atoms with van der Waals surface area (Å²) in [4.78, 5) is 19.3. The molecule has 2 unspecified atom stereocenters. The van der Waals surface area contributed by atoms with Crippen LogP contribution >= 0.6 is 11.6 Å². The second kappa shape index (κ2) is 9.35. The van der Waals surface area contributed by atoms with E-state index in [1.807, 2.05) is 6.92 Å². The molecule has 4 rings (SSSR count). The first-order valence-corrected chi connectivity index (χ1v) is 11.0. The number of amidine groups is 1. The number of carbonyl (C=O) groups is 1. The largest absolute Gasteiger partial charge is 0.417 e. The summed E-state index contributed by atoms with van der Waals surface area (Å²) in [5.41, 5.74) is 0.185. The lowest BCUT2D eigenvalue weighted by Crippen LogP contribution is -2.48. The molecule has 2 atom stereocenters. The average Bonchev–Trinajstić information content (AvgIpc) is 3.19. The van der Waals surface area contributed by atoms with Gasteiger partial charge in [-0.2, -0.15) is 18.4 Å². The maximum atomic E-state index is 13.5. The highest BCUT2D eigenvalue weighted by Gasteiger charge is 2.39. The van der Waals surface area contributed by atoms with Crippen LogP contribution in [0.3, 0.4) is 0 Å². The predicted octanol–water partition coefficient (Wildman–Crippen LogP) is 5.37. The van der Waals surface area contributed by atoms with Gasteiger partial charge in [-0.15, -0.1) is 0 Å². The van der Waals surface area contributed by atoms with Crippen molar-refractivity contribution in [3.8, 4) is 17.2 Å². The molecule has 0 bridgehead atoms. The van der Waals surface area contributed by atoms with Gasteiger partial charge >= 0.3 is 6.18 Å². The molecule has 0 radical (unpaired) electrons. The number of nitrogens with one attached hydrogen (secondary N) is 1. The van der Waals surface area contributed by atoms with Crippen molar-refractivity contribution in [1.82, 2.24) is 10.2 Å². The summed E-state index contributed by atoms with van der Waals surface area (Å²) in [6.45, 7) is 2.18. The van der Waals surface area contributed by atoms with Gasteiger partial charge in [-0.1, -0.05) is 48.9 Å². The molecule has 2 aliphatic heterocycles. The van der Waals surface area contributed by atoms with Gasteiger partial charge in [-0.25, -0.2) is 0 Å². The van der Waals surface area contributed by atoms with Crippen molar-refractivity contribution < 1.29 is 18.0 Å². The highest BCUT2D eigenvalue weighted by atomic mass is 35.5. The fourth-order valence-corrected chi connectivity index (χ4v) is 4.20. The molecule has 1 amide bonds. The Morgan fingerprint density at radius 3 is 2.62 bits per heavy atom. The summed E-state index contributed by atoms with van der Waals surface area (Å²) in [6.07, 6.45) is 1.25. The fourth-order valence-electron chi connectivity index (χ4n) is 4.05. The zero-order valence-electron chi connectivity index (χ0n) is 18.1. The number of carbonyl (C=O) groups excluding carboxylic acids is 1. The first kappa shape index (κ1) is 23.6. The number of amides is 1. The quantitative estimate of drug-likeness (QED) is 0.620. The molecule has 2 aliphatic rings. The van der Waals surface area contributed by atoms with Gasteiger partial charge in [0.25, 0.3) is 0 Å². The maximum Gasteiger partial charge on any atom is 0.417 e. The summed E-state index contributed by atoms with van der Waals surface area (Å²) >= 11 is 6.04. The first-order chi connectivity index (χ1) is 16.2. The van der Waals surface area contributed by atoms with E-state index in [2.05, 4.69) is 10.3 Å². The van der Waals surface area contributed by atoms with Crippen LogP contribution in [0.25, 0.3) is 11.1 Å². The van der Waals surface area contributed by atoms with Gasteiger partial charge in [-0.05, 0) is 47.4 Å². The Bertz CT molecular complexity index is 1240. The third kappa shape index (κ3) is 4.70. The number of halogens is 4. The number of fused-ring (bicyclic) bond motifs is 1. The van der Waals surface area contributed by atoms with E-state index < -0.39 is 17.8 Å². The molecule has 2 heterocycles. The topological polar surface area (TPSA) is 68.5 Å². The zero-order valence-corrected chi connectivity index (χ0v) is 18.9. The van der Waals surface area contributed by atoms with Crippen molar-refractivity contribution in [3.05, 3.63) is 82.5 Å². The normalized spacial score (nSPS) is 19.2. The van der Waals surface area contributed by atoms with Crippen molar-refractivity contribution in [3.63, 3.8) is 0 Å². The predicted molar refractivity (Wildman–Crippen MR) is 124 cm³/mol. The van der Waals surface area contributed by atoms with E-state index in [4.69, 9.17) is 16.9 Å². The number of nitriles is 1. The fraction of sp³-hybridized carbons (Fsp3) is 0.240. The number of allylic oxidation sites excluding steroid dienone is 2. The van der Waals surface area contributed by atoms with Crippen molar-refractivity contribution in [2.75, 3.05) is 0 Å². The van der Waals surface area contributed by atoms with E-state index in [1.165, 1.54) is 12.1 Å². The van der Waals surface area contributed by atoms with Crippen LogP contribution in [0.15, 0.2) is 70.8 Å². The Morgan fingerprint density at radius 1 is 1.24 bits per heavy atom. The number of alkyl halides is 3. The second-order valence-corrected chi connectivity index (χ2v) is 8.38. The molecule has 34 heavy (non-hydrogen) atoms. The number of hydrogen-bond acceptors (Lipinski definition) is 4. The SMILES string of the molecule is CCC1N=C2C=C(Cl)C=CN2C1C(=O)NCc1ccc(-c2ccc(C#N)cc2C(F)(F)F)cc1. The summed E-state index contributed by atoms with van der Waals surface area (Å²) in [5, 5.41) is 12.4. The van der Waals surface area contributed by atoms with Crippen molar-refractivity contribution in [2.24, 2.45) is 4.99 Å². The highest BCUT2D eigenvalue weighted by molar-refractivity contribution is 6.33. The number of hydrogen-bond donors (Lipinski definition) is 1. The van der Waals surface area contributed by atoms with E-state index in [1.54, 1.807) is 53.6 Å². The summed E-state index contributed by atoms with van der Waals surface area (Å²) in [7, 11) is 0. The average molecular weight is 485 g/mol. The lowest BCUT2D eigenvalue weighted by molar-refractivity contribution is -0.137. The molecular weight excluding hydrogens is 465 g/mol. The van der Waals surface area contributed by atoms with E-state index in [0.29, 0.717) is 22.9 Å². The molecule has 0 fully saturated rings. The Hall–Kier alpha value is -3.57. The minimum absolute atomic E-state index is 0.00731. The molecule has 0 aliphatic carbocycles. The van der Waals surface area contributed by atoms with Crippen molar-refractivity contribution in [2.45, 2.75) is 38.1 Å². The van der Waals surface area contributed by atoms with Gasteiger partial charge in [0.1, 0.15) is 11.9 Å². The second-order valence-electron chi connectivity index (χ2n) is 7.94. The number of nitrogens with zero attached hydrogens (tertiary/aromatic N) is 3. The van der Waals surface area contributed by atoms with Gasteiger partial charge < -0.3 is 10.2 Å². The molecule has 9 heteroatoms. The molecule has 0 saturated heterocycles. The Kier molecular flexibility index (Phi) is 6.49. The lowest BCUT2D eigenvalue weighted by Gasteiger charge is -2.27. The van der Waals surface area contributed by atoms with E-state index >= 15 is 0 Å². The van der Waals surface area contributed by atoms with Crippen LogP contribution in [-0.4, -0.2) is 28.7 Å². The molecular formula is C25H20ClF3N4O. The van der Waals surface area contributed by atoms with Crippen molar-refractivity contribution in [1.29, 1.82) is 5.26 Å². The van der Waals surface area contributed by atoms with Gasteiger partial charge in [0.2, 0.25) is 5.91 Å². The molecule has 2 aromatic rings. The molecule has 5 nitrogen and oxygen atoms in total. The highest BCUT2D eigenvalue weighted by Crippen LogP contribution is 2.37. The first-order valence-electron chi connectivity index (χ1n) is 10.6. The van der Waals surface area contributed by atoms with Crippen LogP contribution in [-0.2, 0) is 17.5 Å². The lowest BCUT2D eigenvalue weighted by atomic mass is 9.96. The number of benzene rings is 2. The Labute approximate surface area is 199 Å². The standard InChI is InChI=1S/C25H20ClF3N4O/c1-2-21-23(33-10-9-18(26)12-22(33)32-21)24(34)31-14-15-3-6-17(7-4-15)19-8-5-16(13-30)11-20(19)25(27,28)29/h3-12,21,23H,2,14H2,1H3,(H,31,34). The van der Waals surface area contributed by atoms with Gasteiger partial charge in [0.05, 0.1) is 23.2 Å². The Morgan fingerprint density at radius 2 is 1.97 bits per heavy atom. The maximum absolute atomic E-state index is 13.5. The van der Waals surface area contributed by atoms with Gasteiger partial charge in [0, 0.05) is 17.8 Å². The number of aliphatic imine (C=N–C) groups is 1. The zero-order chi connectivity index (χ0) is 24.5. The van der Waals surface area contributed by atoms with Gasteiger partial charge in [-0.3, -0.25) is 9.79 Å². The third-order valence-electron chi connectivity index (χ3n) is 5.76. The van der Waals surface area contributed by atoms with E-state index in [-0.39, 0.29) is 29.6 Å². The van der Waals surface area contributed by atoms with Crippen LogP contribution < -0.4 is 5.32 Å². The van der Waals surface area contributed by atoms with Crippen molar-refractivity contribution >= 4 is 23.3 Å². The molecule has 0 aromatic heterocycles. The Balaban J connectivity index is 1.47. The van der Waals surface area contributed by atoms with E-state index in [9.17, 15) is 18.0 Å². The van der Waals surface area contributed by atoms with E-state index in [0.717, 1.165) is 11.6 Å². The number of rotatable bonds is 5. The van der Waals surface area contributed by atoms with Crippen LogP contribution in [0, 0.1) is 11.3 Å². The van der Waals surface area contributed by atoms with Crippen LogP contribution in [0.4, 0.5) is 13.2 Å². The molecule has 174 valence electrons. The third-order valence-corrected chi connectivity index (χ3v) is 6.00. The van der Waals surface area contributed by atoms with Crippen LogP contribution in [0.1, 0.15) is 30.0 Å². The minimum Gasteiger partial charge on any atom is -0.350 e. The summed E-state index contributed by atoms with van der Waals surface area (Å²) in [6, 6.07) is 11.0. The van der Waals surface area contributed by atoms with Crippen LogP contribution in [0.2, 0.25) is 0 Å². The molecule has 1 N–H and O–H groups in total. The minimum atomic E-state index is -4.59. The molecule has 2 aromatic carbocycles. The molecule has 0 spiro atoms. The van der Waals surface area contributed by atoms with Crippen LogP contribution in [0.5, 0.6) is 0 Å². The van der Waals surface area contributed by atoms with Gasteiger partial charge in [0.15, 0.2) is 0 Å². The monoisotopic (exact) mass is 484 g/mol. The summed E-state index contributed by atoms with van der Waals surface area (Å²) < 4.78 is 40.5. The molecule has 0 saturated carbocycles. The summed E-state index contributed by atoms with van der Waals surface area (Å²) in [5.74, 6) is 0.448.